The van der Waals surface area contributed by atoms with Gasteiger partial charge in [-0.1, -0.05) is 23.8 Å². The Labute approximate surface area is 136 Å². The Morgan fingerprint density at radius 1 is 1.39 bits per heavy atom. The largest absolute Gasteiger partial charge is 0.495 e. The molecule has 5 nitrogen and oxygen atoms in total. The summed E-state index contributed by atoms with van der Waals surface area (Å²) in [6, 6.07) is 7.31. The van der Waals surface area contributed by atoms with E-state index in [9.17, 15) is 9.59 Å². The number of rotatable bonds is 5. The van der Waals surface area contributed by atoms with Gasteiger partial charge < -0.3 is 15.0 Å². The fourth-order valence-corrected chi connectivity index (χ4v) is 3.27. The average Bonchev–Trinajstić information content (AvgIpc) is 3.17. The lowest BCUT2D eigenvalue weighted by Crippen LogP contribution is -2.37. The SMILES string of the molecule is COc1ccccc1N1C[C@H](NC(=O)CC2=CCCC2)CC1=O. The monoisotopic (exact) mass is 314 g/mol. The molecular formula is C18H22N2O3. The van der Waals surface area contributed by atoms with E-state index in [4.69, 9.17) is 4.74 Å². The summed E-state index contributed by atoms with van der Waals surface area (Å²) in [4.78, 5) is 26.1. The second-order valence-corrected chi connectivity index (χ2v) is 6.08. The third kappa shape index (κ3) is 3.55. The number of hydrogen-bond acceptors (Lipinski definition) is 3. The molecule has 1 fully saturated rings. The van der Waals surface area contributed by atoms with Crippen LogP contribution in [0.25, 0.3) is 0 Å². The van der Waals surface area contributed by atoms with Crippen LogP contribution in [0.15, 0.2) is 35.9 Å². The molecule has 1 atom stereocenters. The number of allylic oxidation sites excluding steroid dienone is 1. The van der Waals surface area contributed by atoms with Gasteiger partial charge in [-0.15, -0.1) is 0 Å². The highest BCUT2D eigenvalue weighted by molar-refractivity contribution is 5.98. The number of methoxy groups -OCH3 is 1. The first-order chi connectivity index (χ1) is 11.2. The van der Waals surface area contributed by atoms with Gasteiger partial charge in [0.15, 0.2) is 0 Å². The maximum absolute atomic E-state index is 12.3. The van der Waals surface area contributed by atoms with Crippen LogP contribution >= 0.6 is 0 Å². The highest BCUT2D eigenvalue weighted by atomic mass is 16.5. The molecule has 1 aliphatic carbocycles. The molecule has 2 aliphatic rings. The molecule has 1 aromatic rings. The molecule has 0 unspecified atom stereocenters. The molecule has 1 N–H and O–H groups in total. The summed E-state index contributed by atoms with van der Waals surface area (Å²) in [5.41, 5.74) is 1.98. The number of nitrogens with zero attached hydrogens (tertiary/aromatic N) is 1. The van der Waals surface area contributed by atoms with Crippen LogP contribution in [0.1, 0.15) is 32.1 Å². The maximum Gasteiger partial charge on any atom is 0.229 e. The van der Waals surface area contributed by atoms with E-state index in [2.05, 4.69) is 11.4 Å². The van der Waals surface area contributed by atoms with Crippen molar-refractivity contribution in [3.8, 4) is 5.75 Å². The van der Waals surface area contributed by atoms with Crippen LogP contribution in [-0.4, -0.2) is 31.5 Å². The van der Waals surface area contributed by atoms with Crippen molar-refractivity contribution < 1.29 is 14.3 Å². The van der Waals surface area contributed by atoms with Gasteiger partial charge in [-0.3, -0.25) is 9.59 Å². The number of amides is 2. The van der Waals surface area contributed by atoms with Crippen molar-refractivity contribution in [3.05, 3.63) is 35.9 Å². The molecule has 1 aliphatic heterocycles. The molecule has 23 heavy (non-hydrogen) atoms. The number of para-hydroxylation sites is 2. The van der Waals surface area contributed by atoms with E-state index in [0.717, 1.165) is 24.9 Å². The molecule has 0 spiro atoms. The second-order valence-electron chi connectivity index (χ2n) is 6.08. The van der Waals surface area contributed by atoms with Crippen LogP contribution in [-0.2, 0) is 9.59 Å². The molecule has 3 rings (SSSR count). The molecule has 0 radical (unpaired) electrons. The normalized spacial score (nSPS) is 20.6. The molecule has 122 valence electrons. The summed E-state index contributed by atoms with van der Waals surface area (Å²) < 4.78 is 5.32. The van der Waals surface area contributed by atoms with Crippen molar-refractivity contribution in [1.29, 1.82) is 0 Å². The summed E-state index contributed by atoms with van der Waals surface area (Å²) in [7, 11) is 1.59. The van der Waals surface area contributed by atoms with Gasteiger partial charge >= 0.3 is 0 Å². The molecule has 1 heterocycles. The van der Waals surface area contributed by atoms with E-state index < -0.39 is 0 Å². The topological polar surface area (TPSA) is 58.6 Å². The standard InChI is InChI=1S/C18H22N2O3/c1-23-16-9-5-4-8-15(16)20-12-14(11-18(20)22)19-17(21)10-13-6-2-3-7-13/h4-6,8-9,14H,2-3,7,10-12H2,1H3,(H,19,21)/t14-/m1/s1. The second kappa shape index (κ2) is 6.86. The minimum absolute atomic E-state index is 0.0119. The summed E-state index contributed by atoms with van der Waals surface area (Å²) >= 11 is 0. The van der Waals surface area contributed by atoms with E-state index in [1.807, 2.05) is 24.3 Å². The third-order valence-electron chi connectivity index (χ3n) is 4.39. The Hall–Kier alpha value is -2.30. The van der Waals surface area contributed by atoms with Gasteiger partial charge in [0.2, 0.25) is 11.8 Å². The Balaban J connectivity index is 1.62. The van der Waals surface area contributed by atoms with Crippen LogP contribution in [0.2, 0.25) is 0 Å². The predicted octanol–water partition coefficient (Wildman–Crippen LogP) is 2.42. The van der Waals surface area contributed by atoms with Crippen molar-refractivity contribution in [1.82, 2.24) is 5.32 Å². The molecule has 5 heteroatoms. The van der Waals surface area contributed by atoms with Crippen molar-refractivity contribution in [2.45, 2.75) is 38.1 Å². The minimum Gasteiger partial charge on any atom is -0.495 e. The van der Waals surface area contributed by atoms with E-state index in [-0.39, 0.29) is 17.9 Å². The summed E-state index contributed by atoms with van der Waals surface area (Å²) in [6.45, 7) is 0.490. The number of carbonyl (C=O) groups is 2. The first-order valence-corrected chi connectivity index (χ1v) is 8.08. The third-order valence-corrected chi connectivity index (χ3v) is 4.39. The smallest absolute Gasteiger partial charge is 0.229 e. The fraction of sp³-hybridized carbons (Fsp3) is 0.444. The number of benzene rings is 1. The summed E-state index contributed by atoms with van der Waals surface area (Å²) in [5, 5.41) is 2.99. The number of nitrogens with one attached hydrogen (secondary N) is 1. The lowest BCUT2D eigenvalue weighted by atomic mass is 10.1. The zero-order valence-electron chi connectivity index (χ0n) is 13.4. The Morgan fingerprint density at radius 3 is 2.96 bits per heavy atom. The van der Waals surface area contributed by atoms with Gasteiger partial charge in [0.25, 0.3) is 0 Å². The summed E-state index contributed by atoms with van der Waals surface area (Å²) in [6.07, 6.45) is 6.19. The lowest BCUT2D eigenvalue weighted by molar-refractivity contribution is -0.121. The van der Waals surface area contributed by atoms with E-state index in [1.54, 1.807) is 12.0 Å². The molecule has 0 aromatic heterocycles. The number of anilines is 1. The van der Waals surface area contributed by atoms with E-state index in [0.29, 0.717) is 25.1 Å². The Morgan fingerprint density at radius 2 is 2.22 bits per heavy atom. The van der Waals surface area contributed by atoms with Gasteiger partial charge in [0, 0.05) is 19.4 Å². The lowest BCUT2D eigenvalue weighted by Gasteiger charge is -2.19. The van der Waals surface area contributed by atoms with Gasteiger partial charge in [0.05, 0.1) is 18.8 Å². The zero-order valence-corrected chi connectivity index (χ0v) is 13.4. The van der Waals surface area contributed by atoms with Gasteiger partial charge in [-0.25, -0.2) is 0 Å². The highest BCUT2D eigenvalue weighted by Gasteiger charge is 2.33. The molecule has 0 saturated carbocycles. The zero-order chi connectivity index (χ0) is 16.2. The average molecular weight is 314 g/mol. The van der Waals surface area contributed by atoms with E-state index in [1.165, 1.54) is 5.57 Å². The number of hydrogen-bond donors (Lipinski definition) is 1. The molecule has 2 amide bonds. The van der Waals surface area contributed by atoms with Crippen LogP contribution in [0, 0.1) is 0 Å². The van der Waals surface area contributed by atoms with Crippen LogP contribution in [0.4, 0.5) is 5.69 Å². The fourth-order valence-electron chi connectivity index (χ4n) is 3.27. The quantitative estimate of drug-likeness (QED) is 0.849. The first-order valence-electron chi connectivity index (χ1n) is 8.08. The van der Waals surface area contributed by atoms with Crippen molar-refractivity contribution in [3.63, 3.8) is 0 Å². The molecule has 1 aromatic carbocycles. The molecule has 1 saturated heterocycles. The van der Waals surface area contributed by atoms with Gasteiger partial charge in [-0.05, 0) is 31.4 Å². The van der Waals surface area contributed by atoms with Crippen molar-refractivity contribution in [2.75, 3.05) is 18.6 Å². The Bertz CT molecular complexity index is 639. The summed E-state index contributed by atoms with van der Waals surface area (Å²) in [5.74, 6) is 0.696. The van der Waals surface area contributed by atoms with Crippen molar-refractivity contribution >= 4 is 17.5 Å². The first kappa shape index (κ1) is 15.6. The van der Waals surface area contributed by atoms with Crippen molar-refractivity contribution in [2.24, 2.45) is 0 Å². The highest BCUT2D eigenvalue weighted by Crippen LogP contribution is 2.31. The van der Waals surface area contributed by atoms with Crippen LogP contribution in [0.3, 0.4) is 0 Å². The molecular weight excluding hydrogens is 292 g/mol. The Kier molecular flexibility index (Phi) is 4.65. The minimum atomic E-state index is -0.137. The van der Waals surface area contributed by atoms with Crippen LogP contribution in [0.5, 0.6) is 5.75 Å². The molecule has 0 bridgehead atoms. The number of carbonyl (C=O) groups excluding carboxylic acids is 2. The van der Waals surface area contributed by atoms with Gasteiger partial charge in [-0.2, -0.15) is 0 Å². The van der Waals surface area contributed by atoms with Gasteiger partial charge in [0.1, 0.15) is 5.75 Å². The number of ether oxygens (including phenoxy) is 1. The maximum atomic E-state index is 12.3. The predicted molar refractivity (Wildman–Crippen MR) is 88.4 cm³/mol. The van der Waals surface area contributed by atoms with Crippen LogP contribution < -0.4 is 15.0 Å². The van der Waals surface area contributed by atoms with E-state index >= 15 is 0 Å².